The van der Waals surface area contributed by atoms with Gasteiger partial charge in [-0.1, -0.05) is 82.7 Å². The Bertz CT molecular complexity index is 900. The van der Waals surface area contributed by atoms with Crippen LogP contribution in [0.1, 0.15) is 30.4 Å². The number of hydrogen-bond acceptors (Lipinski definition) is 3. The number of ether oxygens (including phenoxy) is 1. The number of hydrogen-bond donors (Lipinski definition) is 1. The van der Waals surface area contributed by atoms with Gasteiger partial charge in [-0.15, -0.1) is 0 Å². The van der Waals surface area contributed by atoms with Crippen LogP contribution in [0.5, 0.6) is 5.75 Å². The van der Waals surface area contributed by atoms with Gasteiger partial charge in [-0.25, -0.2) is 0 Å². The zero-order valence-electron chi connectivity index (χ0n) is 17.8. The molecule has 0 atom stereocenters. The molecule has 4 rings (SSSR count). The lowest BCUT2D eigenvalue weighted by Crippen LogP contribution is -2.44. The van der Waals surface area contributed by atoms with Gasteiger partial charge in [0.25, 0.3) is 0 Å². The van der Waals surface area contributed by atoms with Gasteiger partial charge in [-0.2, -0.15) is 0 Å². The van der Waals surface area contributed by atoms with Crippen LogP contribution in [0, 0.1) is 5.92 Å². The molecule has 1 saturated heterocycles. The second-order valence-electron chi connectivity index (χ2n) is 8.27. The van der Waals surface area contributed by atoms with Gasteiger partial charge in [0.1, 0.15) is 11.4 Å². The highest BCUT2D eigenvalue weighted by atomic mass is 79.9. The molecule has 1 aliphatic rings. The lowest BCUT2D eigenvalue weighted by Gasteiger charge is -2.42. The van der Waals surface area contributed by atoms with E-state index in [2.05, 4.69) is 45.1 Å². The van der Waals surface area contributed by atoms with E-state index in [1.807, 2.05) is 60.7 Å². The molecule has 0 saturated carbocycles. The molecule has 4 heteroatoms. The van der Waals surface area contributed by atoms with E-state index in [9.17, 15) is 5.11 Å². The Morgan fingerprint density at radius 3 is 2.06 bits per heavy atom. The first-order chi connectivity index (χ1) is 15.2. The SMILES string of the molecule is OC(c1ccccc1)(c1ccccc1)C1CCN(CCCOc2cccc(Br)c2)CC1. The van der Waals surface area contributed by atoms with Crippen LogP contribution in [0.25, 0.3) is 0 Å². The quantitative estimate of drug-likeness (QED) is 0.410. The number of piperidine rings is 1. The molecule has 1 aliphatic heterocycles. The molecule has 31 heavy (non-hydrogen) atoms. The van der Waals surface area contributed by atoms with Gasteiger partial charge >= 0.3 is 0 Å². The first kappa shape index (κ1) is 22.1. The normalized spacial score (nSPS) is 15.7. The topological polar surface area (TPSA) is 32.7 Å². The average Bonchev–Trinajstić information content (AvgIpc) is 2.83. The molecular formula is C27H30BrNO2. The van der Waals surface area contributed by atoms with Crippen molar-refractivity contribution < 1.29 is 9.84 Å². The number of likely N-dealkylation sites (tertiary alicyclic amines) is 1. The molecule has 0 radical (unpaired) electrons. The summed E-state index contributed by atoms with van der Waals surface area (Å²) in [5, 5.41) is 12.0. The molecule has 1 heterocycles. The van der Waals surface area contributed by atoms with Gasteiger partial charge in [0, 0.05) is 11.0 Å². The zero-order valence-corrected chi connectivity index (χ0v) is 19.4. The van der Waals surface area contributed by atoms with Gasteiger partial charge in [0.05, 0.1) is 6.61 Å². The Morgan fingerprint density at radius 1 is 0.871 bits per heavy atom. The Morgan fingerprint density at radius 2 is 1.48 bits per heavy atom. The summed E-state index contributed by atoms with van der Waals surface area (Å²) in [6.45, 7) is 3.75. The van der Waals surface area contributed by atoms with Crippen molar-refractivity contribution in [3.05, 3.63) is 101 Å². The van der Waals surface area contributed by atoms with E-state index in [1.54, 1.807) is 0 Å². The molecule has 0 aliphatic carbocycles. The van der Waals surface area contributed by atoms with Crippen LogP contribution in [0.4, 0.5) is 0 Å². The fraction of sp³-hybridized carbons (Fsp3) is 0.333. The maximum absolute atomic E-state index is 12.0. The molecular weight excluding hydrogens is 450 g/mol. The molecule has 1 fully saturated rings. The third-order valence-electron chi connectivity index (χ3n) is 6.29. The number of benzene rings is 3. The maximum Gasteiger partial charge on any atom is 0.120 e. The minimum atomic E-state index is -0.946. The third-order valence-corrected chi connectivity index (χ3v) is 6.78. The second-order valence-corrected chi connectivity index (χ2v) is 9.19. The summed E-state index contributed by atoms with van der Waals surface area (Å²) >= 11 is 3.48. The van der Waals surface area contributed by atoms with Crippen LogP contribution in [0.3, 0.4) is 0 Å². The fourth-order valence-electron chi connectivity index (χ4n) is 4.63. The first-order valence-corrected chi connectivity index (χ1v) is 11.9. The van der Waals surface area contributed by atoms with Crippen LogP contribution >= 0.6 is 15.9 Å². The van der Waals surface area contributed by atoms with Crippen molar-refractivity contribution in [1.82, 2.24) is 4.90 Å². The summed E-state index contributed by atoms with van der Waals surface area (Å²) in [6, 6.07) is 28.3. The number of nitrogens with zero attached hydrogens (tertiary/aromatic N) is 1. The van der Waals surface area contributed by atoms with Crippen LogP contribution in [-0.4, -0.2) is 36.2 Å². The Labute approximate surface area is 193 Å². The van der Waals surface area contributed by atoms with Gasteiger partial charge in [0.15, 0.2) is 0 Å². The minimum Gasteiger partial charge on any atom is -0.494 e. The minimum absolute atomic E-state index is 0.200. The fourth-order valence-corrected chi connectivity index (χ4v) is 5.01. The highest BCUT2D eigenvalue weighted by molar-refractivity contribution is 9.10. The van der Waals surface area contributed by atoms with Crippen molar-refractivity contribution in [2.75, 3.05) is 26.2 Å². The lowest BCUT2D eigenvalue weighted by atomic mass is 9.72. The lowest BCUT2D eigenvalue weighted by molar-refractivity contribution is -0.0146. The maximum atomic E-state index is 12.0. The molecule has 0 bridgehead atoms. The summed E-state index contributed by atoms with van der Waals surface area (Å²) in [5.74, 6) is 1.11. The summed E-state index contributed by atoms with van der Waals surface area (Å²) in [6.07, 6.45) is 2.96. The van der Waals surface area contributed by atoms with Gasteiger partial charge in [0.2, 0.25) is 0 Å². The van der Waals surface area contributed by atoms with Gasteiger partial charge in [-0.3, -0.25) is 0 Å². The molecule has 0 amide bonds. The largest absolute Gasteiger partial charge is 0.494 e. The molecule has 3 aromatic rings. The molecule has 1 N–H and O–H groups in total. The number of aliphatic hydroxyl groups is 1. The van der Waals surface area contributed by atoms with Crippen molar-refractivity contribution in [3.8, 4) is 5.75 Å². The molecule has 3 nitrogen and oxygen atoms in total. The van der Waals surface area contributed by atoms with Crippen LogP contribution < -0.4 is 4.74 Å². The van der Waals surface area contributed by atoms with E-state index in [0.717, 1.165) is 60.2 Å². The average molecular weight is 480 g/mol. The Balaban J connectivity index is 1.34. The van der Waals surface area contributed by atoms with Crippen molar-refractivity contribution >= 4 is 15.9 Å². The third kappa shape index (κ3) is 5.38. The molecule has 0 spiro atoms. The van der Waals surface area contributed by atoms with Crippen LogP contribution in [-0.2, 0) is 5.60 Å². The number of rotatable bonds is 8. The second kappa shape index (κ2) is 10.4. The molecule has 162 valence electrons. The van der Waals surface area contributed by atoms with Gasteiger partial charge in [-0.05, 0) is 67.6 Å². The summed E-state index contributed by atoms with van der Waals surface area (Å²) < 4.78 is 6.91. The highest BCUT2D eigenvalue weighted by Crippen LogP contribution is 2.41. The zero-order chi connectivity index (χ0) is 21.5. The monoisotopic (exact) mass is 479 g/mol. The standard InChI is InChI=1S/C27H30BrNO2/c28-25-13-7-14-26(21-25)31-20-8-17-29-18-15-24(16-19-29)27(30,22-9-3-1-4-10-22)23-11-5-2-6-12-23/h1-7,9-14,21,24,30H,8,15-20H2. The molecule has 0 aromatic heterocycles. The van der Waals surface area contributed by atoms with E-state index >= 15 is 0 Å². The molecule has 3 aromatic carbocycles. The summed E-state index contributed by atoms with van der Waals surface area (Å²) in [5.41, 5.74) is 1.03. The van der Waals surface area contributed by atoms with Gasteiger partial charge < -0.3 is 14.7 Å². The predicted octanol–water partition coefficient (Wildman–Crippen LogP) is 5.87. The first-order valence-electron chi connectivity index (χ1n) is 11.1. The summed E-state index contributed by atoms with van der Waals surface area (Å²) in [4.78, 5) is 2.50. The van der Waals surface area contributed by atoms with E-state index in [0.29, 0.717) is 6.61 Å². The molecule has 0 unspecified atom stereocenters. The van der Waals surface area contributed by atoms with Crippen LogP contribution in [0.2, 0.25) is 0 Å². The Hall–Kier alpha value is -2.14. The van der Waals surface area contributed by atoms with E-state index in [-0.39, 0.29) is 5.92 Å². The van der Waals surface area contributed by atoms with Crippen molar-refractivity contribution in [3.63, 3.8) is 0 Å². The van der Waals surface area contributed by atoms with E-state index < -0.39 is 5.60 Å². The van der Waals surface area contributed by atoms with Crippen LogP contribution in [0.15, 0.2) is 89.4 Å². The van der Waals surface area contributed by atoms with Crippen molar-refractivity contribution in [2.45, 2.75) is 24.9 Å². The Kier molecular flexibility index (Phi) is 7.44. The van der Waals surface area contributed by atoms with E-state index in [1.165, 1.54) is 0 Å². The number of halogens is 1. The smallest absolute Gasteiger partial charge is 0.120 e. The van der Waals surface area contributed by atoms with Crippen molar-refractivity contribution in [2.24, 2.45) is 5.92 Å². The highest BCUT2D eigenvalue weighted by Gasteiger charge is 2.41. The summed E-state index contributed by atoms with van der Waals surface area (Å²) in [7, 11) is 0. The van der Waals surface area contributed by atoms with E-state index in [4.69, 9.17) is 4.74 Å². The predicted molar refractivity (Wildman–Crippen MR) is 129 cm³/mol. The van der Waals surface area contributed by atoms with Crippen molar-refractivity contribution in [1.29, 1.82) is 0 Å².